The Kier molecular flexibility index (Phi) is 4.56. The minimum absolute atomic E-state index is 0.178. The van der Waals surface area contributed by atoms with Gasteiger partial charge in [-0.2, -0.15) is 4.98 Å². The van der Waals surface area contributed by atoms with Crippen LogP contribution in [0.2, 0.25) is 0 Å². The molecule has 3 rings (SSSR count). The summed E-state index contributed by atoms with van der Waals surface area (Å²) in [7, 11) is 1.54. The first-order chi connectivity index (χ1) is 10.8. The number of rotatable bonds is 6. The second-order valence-electron chi connectivity index (χ2n) is 4.24. The van der Waals surface area contributed by atoms with Gasteiger partial charge in [0.15, 0.2) is 5.82 Å². The molecule has 0 saturated heterocycles. The van der Waals surface area contributed by atoms with Crippen LogP contribution in [0.4, 0.5) is 0 Å². The molecule has 0 unspecified atom stereocenters. The number of aromatic nitrogens is 3. The molecule has 9 heteroatoms. The van der Waals surface area contributed by atoms with Crippen LogP contribution in [0.25, 0.3) is 9.88 Å². The summed E-state index contributed by atoms with van der Waals surface area (Å²) in [4.78, 5) is 21.5. The molecule has 7 nitrogen and oxygen atoms in total. The largest absolute Gasteiger partial charge is 0.375 e. The van der Waals surface area contributed by atoms with Gasteiger partial charge in [0.25, 0.3) is 11.8 Å². The molecule has 3 aromatic heterocycles. The fourth-order valence-corrected chi connectivity index (χ4v) is 3.30. The summed E-state index contributed by atoms with van der Waals surface area (Å²) < 4.78 is 9.83. The summed E-state index contributed by atoms with van der Waals surface area (Å²) in [6, 6.07) is 3.93. The number of amides is 1. The van der Waals surface area contributed by atoms with Crippen molar-refractivity contribution in [1.29, 1.82) is 0 Å². The molecule has 114 valence electrons. The molecule has 0 radical (unpaired) electrons. The molecular formula is C13H12N4O3S2. The number of nitrogens with one attached hydrogen (secondary N) is 1. The van der Waals surface area contributed by atoms with Crippen molar-refractivity contribution < 1.29 is 14.1 Å². The molecule has 3 aromatic rings. The quantitative estimate of drug-likeness (QED) is 0.743. The monoisotopic (exact) mass is 336 g/mol. The van der Waals surface area contributed by atoms with Crippen molar-refractivity contribution in [3.8, 4) is 9.88 Å². The molecule has 0 saturated carbocycles. The normalized spacial score (nSPS) is 10.8. The van der Waals surface area contributed by atoms with Crippen molar-refractivity contribution in [3.63, 3.8) is 0 Å². The van der Waals surface area contributed by atoms with Crippen LogP contribution < -0.4 is 5.32 Å². The number of nitrogens with zero attached hydrogens (tertiary/aromatic N) is 3. The molecule has 1 N–H and O–H groups in total. The molecule has 3 heterocycles. The highest BCUT2D eigenvalue weighted by Crippen LogP contribution is 2.27. The van der Waals surface area contributed by atoms with Crippen LogP contribution in [-0.4, -0.2) is 28.1 Å². The number of ether oxygens (including phenoxy) is 1. The third-order valence-corrected chi connectivity index (χ3v) is 4.54. The maximum absolute atomic E-state index is 12.1. The lowest BCUT2D eigenvalue weighted by Crippen LogP contribution is -2.23. The number of thiazole rings is 1. The van der Waals surface area contributed by atoms with Gasteiger partial charge in [0.05, 0.1) is 11.4 Å². The van der Waals surface area contributed by atoms with E-state index in [1.807, 2.05) is 17.5 Å². The van der Waals surface area contributed by atoms with Crippen molar-refractivity contribution in [2.75, 3.05) is 7.11 Å². The van der Waals surface area contributed by atoms with E-state index in [2.05, 4.69) is 20.4 Å². The topological polar surface area (TPSA) is 90.1 Å². The Morgan fingerprint density at radius 2 is 2.32 bits per heavy atom. The number of hydrogen-bond acceptors (Lipinski definition) is 8. The van der Waals surface area contributed by atoms with Crippen LogP contribution in [0, 0.1) is 0 Å². The molecule has 0 bridgehead atoms. The van der Waals surface area contributed by atoms with Gasteiger partial charge in [0.2, 0.25) is 0 Å². The highest BCUT2D eigenvalue weighted by Gasteiger charge is 2.13. The maximum atomic E-state index is 12.1. The fraction of sp³-hybridized carbons (Fsp3) is 0.231. The van der Waals surface area contributed by atoms with Crippen LogP contribution in [0.15, 0.2) is 27.4 Å². The molecule has 1 amide bonds. The Labute approximate surface area is 134 Å². The summed E-state index contributed by atoms with van der Waals surface area (Å²) in [6.45, 7) is 0.426. The van der Waals surface area contributed by atoms with Gasteiger partial charge >= 0.3 is 0 Å². The zero-order valence-corrected chi connectivity index (χ0v) is 13.2. The molecule has 0 atom stereocenters. The Bertz CT molecular complexity index is 751. The van der Waals surface area contributed by atoms with Gasteiger partial charge in [-0.3, -0.25) is 4.79 Å². The number of methoxy groups -OCH3 is 1. The summed E-state index contributed by atoms with van der Waals surface area (Å²) in [5.74, 6) is 0.506. The zero-order valence-electron chi connectivity index (χ0n) is 11.6. The van der Waals surface area contributed by atoms with Crippen LogP contribution in [0.1, 0.15) is 22.2 Å². The van der Waals surface area contributed by atoms with Gasteiger partial charge in [-0.1, -0.05) is 11.2 Å². The van der Waals surface area contributed by atoms with Gasteiger partial charge in [-0.05, 0) is 11.4 Å². The highest BCUT2D eigenvalue weighted by molar-refractivity contribution is 7.20. The maximum Gasteiger partial charge on any atom is 0.271 e. The van der Waals surface area contributed by atoms with Crippen molar-refractivity contribution in [1.82, 2.24) is 20.4 Å². The van der Waals surface area contributed by atoms with E-state index in [1.54, 1.807) is 23.8 Å². The molecule has 0 spiro atoms. The third-order valence-electron chi connectivity index (χ3n) is 2.65. The lowest BCUT2D eigenvalue weighted by atomic mass is 10.4. The zero-order chi connectivity index (χ0) is 15.4. The van der Waals surface area contributed by atoms with E-state index >= 15 is 0 Å². The second kappa shape index (κ2) is 6.77. The highest BCUT2D eigenvalue weighted by atomic mass is 32.1. The molecular weight excluding hydrogens is 324 g/mol. The van der Waals surface area contributed by atoms with Gasteiger partial charge < -0.3 is 14.6 Å². The average Bonchev–Trinajstić information content (AvgIpc) is 3.25. The van der Waals surface area contributed by atoms with E-state index in [1.165, 1.54) is 11.3 Å². The molecule has 0 aromatic carbocycles. The molecule has 0 aliphatic carbocycles. The number of carbonyl (C=O) groups is 1. The standard InChI is InChI=1S/C13H12N4O3S2/c1-19-6-11-16-10(17-20-11)5-14-12(18)8-7-22-13(15-8)9-3-2-4-21-9/h2-4,7H,5-6H2,1H3,(H,14,18). The van der Waals surface area contributed by atoms with E-state index < -0.39 is 0 Å². The third kappa shape index (κ3) is 3.38. The van der Waals surface area contributed by atoms with Crippen LogP contribution in [0.5, 0.6) is 0 Å². The number of hydrogen-bond donors (Lipinski definition) is 1. The SMILES string of the molecule is COCc1nc(CNC(=O)c2csc(-c3cccs3)n2)no1. The van der Waals surface area contributed by atoms with Crippen LogP contribution >= 0.6 is 22.7 Å². The van der Waals surface area contributed by atoms with Gasteiger partial charge in [0.1, 0.15) is 17.3 Å². The fourth-order valence-electron chi connectivity index (χ4n) is 1.69. The number of carbonyl (C=O) groups excluding carboxylic acids is 1. The molecule has 22 heavy (non-hydrogen) atoms. The number of thiophene rings is 1. The summed E-state index contributed by atoms with van der Waals surface area (Å²) >= 11 is 3.03. The van der Waals surface area contributed by atoms with Gasteiger partial charge in [0, 0.05) is 12.5 Å². The Morgan fingerprint density at radius 1 is 1.41 bits per heavy atom. The Hall–Kier alpha value is -2.10. The van der Waals surface area contributed by atoms with Crippen LogP contribution in [-0.2, 0) is 17.9 Å². The summed E-state index contributed by atoms with van der Waals surface area (Å²) in [6.07, 6.45) is 0. The molecule has 0 aliphatic rings. The minimum atomic E-state index is -0.267. The van der Waals surface area contributed by atoms with E-state index in [0.29, 0.717) is 17.4 Å². The van der Waals surface area contributed by atoms with Gasteiger partial charge in [-0.15, -0.1) is 22.7 Å². The lowest BCUT2D eigenvalue weighted by molar-refractivity contribution is 0.0945. The lowest BCUT2D eigenvalue weighted by Gasteiger charge is -1.98. The van der Waals surface area contributed by atoms with E-state index in [4.69, 9.17) is 9.26 Å². The van der Waals surface area contributed by atoms with E-state index in [0.717, 1.165) is 9.88 Å². The molecule has 0 fully saturated rings. The Morgan fingerprint density at radius 3 is 3.09 bits per heavy atom. The van der Waals surface area contributed by atoms with Crippen molar-refractivity contribution in [2.45, 2.75) is 13.2 Å². The van der Waals surface area contributed by atoms with E-state index in [-0.39, 0.29) is 19.1 Å². The Balaban J connectivity index is 1.60. The summed E-state index contributed by atoms with van der Waals surface area (Å²) in [5, 5.41) is 11.0. The summed E-state index contributed by atoms with van der Waals surface area (Å²) in [5.41, 5.74) is 0.383. The van der Waals surface area contributed by atoms with Crippen molar-refractivity contribution >= 4 is 28.6 Å². The first kappa shape index (κ1) is 14.8. The first-order valence-electron chi connectivity index (χ1n) is 6.34. The smallest absolute Gasteiger partial charge is 0.271 e. The van der Waals surface area contributed by atoms with Gasteiger partial charge in [-0.25, -0.2) is 4.98 Å². The average molecular weight is 336 g/mol. The van der Waals surface area contributed by atoms with Crippen molar-refractivity contribution in [2.24, 2.45) is 0 Å². The second-order valence-corrected chi connectivity index (χ2v) is 6.04. The predicted octanol–water partition coefficient (Wildman–Crippen LogP) is 2.33. The van der Waals surface area contributed by atoms with Crippen molar-refractivity contribution in [3.05, 3.63) is 40.3 Å². The minimum Gasteiger partial charge on any atom is -0.375 e. The van der Waals surface area contributed by atoms with E-state index in [9.17, 15) is 4.79 Å². The van der Waals surface area contributed by atoms with Crippen LogP contribution in [0.3, 0.4) is 0 Å². The first-order valence-corrected chi connectivity index (χ1v) is 8.10. The predicted molar refractivity (Wildman–Crippen MR) is 81.6 cm³/mol. The molecule has 0 aliphatic heterocycles.